The van der Waals surface area contributed by atoms with E-state index in [4.69, 9.17) is 9.47 Å². The van der Waals surface area contributed by atoms with Crippen LogP contribution in [0.1, 0.15) is 51.8 Å². The zero-order valence-corrected chi connectivity index (χ0v) is 21.8. The van der Waals surface area contributed by atoms with Crippen LogP contribution in [0.5, 0.6) is 5.75 Å². The van der Waals surface area contributed by atoms with Gasteiger partial charge in [0.2, 0.25) is 0 Å². The van der Waals surface area contributed by atoms with E-state index in [-0.39, 0.29) is 18.3 Å². The number of hydrogen-bond acceptors (Lipinski definition) is 7. The Hall–Kier alpha value is -3.70. The summed E-state index contributed by atoms with van der Waals surface area (Å²) in [5.74, 6) is 0.913. The standard InChI is InChI=1S/C29H31N3O4S/c1-2-35-26-8-4-3-7-21(26)9-10-22(33)16-27-25(18-30)24-12-11-23(17-28(24)37-27)36-29(34)32-15-13-20-6-5-14-31-19-20/h3-8,14,19,23H,2,9-13,15-17H2,1H3,(H,32,34). The summed E-state index contributed by atoms with van der Waals surface area (Å²) in [6, 6.07) is 13.9. The number of benzene rings is 1. The number of thiophene rings is 1. The van der Waals surface area contributed by atoms with Gasteiger partial charge in [-0.05, 0) is 61.4 Å². The highest BCUT2D eigenvalue weighted by atomic mass is 32.1. The van der Waals surface area contributed by atoms with Gasteiger partial charge < -0.3 is 14.8 Å². The number of aromatic nitrogens is 1. The van der Waals surface area contributed by atoms with Gasteiger partial charge in [0.05, 0.1) is 12.2 Å². The van der Waals surface area contributed by atoms with Crippen molar-refractivity contribution in [2.75, 3.05) is 13.2 Å². The average molecular weight is 518 g/mol. The number of rotatable bonds is 11. The first-order valence-electron chi connectivity index (χ1n) is 12.7. The minimum Gasteiger partial charge on any atom is -0.494 e. The fourth-order valence-corrected chi connectivity index (χ4v) is 5.96. The van der Waals surface area contributed by atoms with Gasteiger partial charge >= 0.3 is 6.09 Å². The lowest BCUT2D eigenvalue weighted by Gasteiger charge is -2.22. The van der Waals surface area contributed by atoms with Crippen molar-refractivity contribution in [3.8, 4) is 11.8 Å². The maximum absolute atomic E-state index is 12.8. The van der Waals surface area contributed by atoms with E-state index < -0.39 is 6.09 Å². The molecule has 2 aromatic heterocycles. The molecule has 2 heterocycles. The molecule has 1 N–H and O–H groups in total. The number of carbonyl (C=O) groups excluding carboxylic acids is 2. The van der Waals surface area contributed by atoms with Crippen LogP contribution in [0.4, 0.5) is 4.79 Å². The first-order valence-corrected chi connectivity index (χ1v) is 13.5. The quantitative estimate of drug-likeness (QED) is 0.385. The second kappa shape index (κ2) is 13.0. The molecular formula is C29H31N3O4S. The highest BCUT2D eigenvalue weighted by Gasteiger charge is 2.28. The largest absolute Gasteiger partial charge is 0.494 e. The Balaban J connectivity index is 1.30. The number of para-hydroxylation sites is 1. The third-order valence-corrected chi connectivity index (χ3v) is 7.64. The van der Waals surface area contributed by atoms with Crippen LogP contribution in [0.2, 0.25) is 0 Å². The number of fused-ring (bicyclic) bond motifs is 1. The van der Waals surface area contributed by atoms with E-state index in [9.17, 15) is 14.9 Å². The highest BCUT2D eigenvalue weighted by Crippen LogP contribution is 2.35. The molecule has 3 aromatic rings. The number of carbonyl (C=O) groups is 2. The number of aryl methyl sites for hydroxylation is 1. The zero-order valence-electron chi connectivity index (χ0n) is 21.0. The SMILES string of the molecule is CCOc1ccccc1CCC(=O)Cc1sc2c(c1C#N)CCC(OC(=O)NCCc1cccnc1)C2. The number of Topliss-reactive ketones (excluding diaryl/α,β-unsaturated/α-hetero) is 1. The van der Waals surface area contributed by atoms with Gasteiger partial charge in [0.25, 0.3) is 0 Å². The molecule has 1 aliphatic carbocycles. The Bertz CT molecular complexity index is 1270. The topological polar surface area (TPSA) is 101 Å². The molecule has 1 aliphatic rings. The van der Waals surface area contributed by atoms with E-state index in [1.807, 2.05) is 43.3 Å². The van der Waals surface area contributed by atoms with E-state index in [1.54, 1.807) is 12.4 Å². The number of pyridine rings is 1. The summed E-state index contributed by atoms with van der Waals surface area (Å²) in [5, 5.41) is 12.6. The number of alkyl carbamates (subject to hydrolysis) is 1. The molecule has 1 atom stereocenters. The molecule has 4 rings (SSSR count). The molecule has 0 bridgehead atoms. The molecule has 0 aliphatic heterocycles. The monoisotopic (exact) mass is 517 g/mol. The molecular weight excluding hydrogens is 486 g/mol. The van der Waals surface area contributed by atoms with Gasteiger partial charge in [0.15, 0.2) is 0 Å². The molecule has 37 heavy (non-hydrogen) atoms. The van der Waals surface area contributed by atoms with Crippen LogP contribution in [-0.2, 0) is 41.6 Å². The molecule has 0 saturated heterocycles. The van der Waals surface area contributed by atoms with E-state index in [2.05, 4.69) is 16.4 Å². The van der Waals surface area contributed by atoms with Gasteiger partial charge in [0.1, 0.15) is 23.7 Å². The van der Waals surface area contributed by atoms with Crippen molar-refractivity contribution >= 4 is 23.2 Å². The molecule has 1 amide bonds. The summed E-state index contributed by atoms with van der Waals surface area (Å²) >= 11 is 1.51. The lowest BCUT2D eigenvalue weighted by atomic mass is 9.92. The first-order chi connectivity index (χ1) is 18.1. The van der Waals surface area contributed by atoms with Gasteiger partial charge in [-0.15, -0.1) is 11.3 Å². The van der Waals surface area contributed by atoms with Crippen LogP contribution < -0.4 is 10.1 Å². The van der Waals surface area contributed by atoms with Crippen molar-refractivity contribution in [2.24, 2.45) is 0 Å². The first kappa shape index (κ1) is 26.4. The van der Waals surface area contributed by atoms with Gasteiger partial charge in [-0.3, -0.25) is 9.78 Å². The lowest BCUT2D eigenvalue weighted by Crippen LogP contribution is -2.33. The summed E-state index contributed by atoms with van der Waals surface area (Å²) in [7, 11) is 0. The zero-order chi connectivity index (χ0) is 26.0. The molecule has 1 unspecified atom stereocenters. The fourth-order valence-electron chi connectivity index (χ4n) is 4.56. The summed E-state index contributed by atoms with van der Waals surface area (Å²) in [5.41, 5.74) is 3.70. The minimum atomic E-state index is -0.433. The third kappa shape index (κ3) is 7.17. The predicted octanol–water partition coefficient (Wildman–Crippen LogP) is 4.98. The predicted molar refractivity (Wildman–Crippen MR) is 142 cm³/mol. The van der Waals surface area contributed by atoms with Crippen LogP contribution >= 0.6 is 11.3 Å². The molecule has 8 heteroatoms. The molecule has 1 aromatic carbocycles. The molecule has 0 saturated carbocycles. The van der Waals surface area contributed by atoms with Crippen molar-refractivity contribution in [1.82, 2.24) is 10.3 Å². The Labute approximate surface area is 221 Å². The Morgan fingerprint density at radius 3 is 2.86 bits per heavy atom. The molecule has 192 valence electrons. The molecule has 7 nitrogen and oxygen atoms in total. The fraction of sp³-hybridized carbons (Fsp3) is 0.379. The van der Waals surface area contributed by atoms with Gasteiger partial charge in [-0.25, -0.2) is 4.79 Å². The number of amides is 1. The minimum absolute atomic E-state index is 0.0993. The molecule has 0 radical (unpaired) electrons. The summed E-state index contributed by atoms with van der Waals surface area (Å²) < 4.78 is 11.3. The molecule has 0 spiro atoms. The maximum atomic E-state index is 12.8. The van der Waals surface area contributed by atoms with Crippen molar-refractivity contribution in [1.29, 1.82) is 5.26 Å². The van der Waals surface area contributed by atoms with E-state index in [0.29, 0.717) is 57.2 Å². The average Bonchev–Trinajstić information content (AvgIpc) is 3.25. The smallest absolute Gasteiger partial charge is 0.407 e. The van der Waals surface area contributed by atoms with Crippen LogP contribution in [-0.4, -0.2) is 36.1 Å². The van der Waals surface area contributed by atoms with Crippen LogP contribution in [0.25, 0.3) is 0 Å². The van der Waals surface area contributed by atoms with Crippen LogP contribution in [0.15, 0.2) is 48.8 Å². The summed E-state index contributed by atoms with van der Waals surface area (Å²) in [4.78, 5) is 31.0. The number of hydrogen-bond donors (Lipinski definition) is 1. The number of nitrogens with one attached hydrogen (secondary N) is 1. The van der Waals surface area contributed by atoms with E-state index >= 15 is 0 Å². The van der Waals surface area contributed by atoms with Crippen molar-refractivity contribution in [3.63, 3.8) is 0 Å². The third-order valence-electron chi connectivity index (χ3n) is 6.39. The van der Waals surface area contributed by atoms with Crippen molar-refractivity contribution < 1.29 is 19.1 Å². The number of ketones is 1. The molecule has 0 fully saturated rings. The Morgan fingerprint density at radius 2 is 2.08 bits per heavy atom. The second-order valence-corrected chi connectivity index (χ2v) is 10.2. The number of nitrogens with zero attached hydrogens (tertiary/aromatic N) is 2. The van der Waals surface area contributed by atoms with E-state index in [0.717, 1.165) is 32.2 Å². The number of ether oxygens (including phenoxy) is 2. The lowest BCUT2D eigenvalue weighted by molar-refractivity contribution is -0.118. The van der Waals surface area contributed by atoms with Gasteiger partial charge in [-0.1, -0.05) is 24.3 Å². The summed E-state index contributed by atoms with van der Waals surface area (Å²) in [6.45, 7) is 2.99. The Kier molecular flexibility index (Phi) is 9.28. The van der Waals surface area contributed by atoms with Gasteiger partial charge in [-0.2, -0.15) is 5.26 Å². The van der Waals surface area contributed by atoms with E-state index in [1.165, 1.54) is 11.3 Å². The van der Waals surface area contributed by atoms with Crippen LogP contribution in [0, 0.1) is 11.3 Å². The van der Waals surface area contributed by atoms with Crippen LogP contribution in [0.3, 0.4) is 0 Å². The Morgan fingerprint density at radius 1 is 1.22 bits per heavy atom. The second-order valence-electron chi connectivity index (χ2n) is 8.98. The normalized spacial score (nSPS) is 14.3. The highest BCUT2D eigenvalue weighted by molar-refractivity contribution is 7.12. The van der Waals surface area contributed by atoms with Crippen molar-refractivity contribution in [2.45, 2.75) is 58.0 Å². The maximum Gasteiger partial charge on any atom is 0.407 e. The summed E-state index contributed by atoms with van der Waals surface area (Å²) in [6.07, 6.45) is 6.65. The van der Waals surface area contributed by atoms with Gasteiger partial charge in [0, 0.05) is 48.0 Å². The number of nitriles is 1. The van der Waals surface area contributed by atoms with Crippen molar-refractivity contribution in [3.05, 3.63) is 80.8 Å².